The van der Waals surface area contributed by atoms with E-state index < -0.39 is 12.0 Å². The Bertz CT molecular complexity index is 476. The highest BCUT2D eigenvalue weighted by molar-refractivity contribution is 5.74. The molecular formula is C15H22N2O4. The Balaban J connectivity index is 2.38. The lowest BCUT2D eigenvalue weighted by Crippen LogP contribution is -2.45. The fraction of sp³-hybridized carbons (Fsp3) is 0.467. The van der Waals surface area contributed by atoms with E-state index in [0.717, 1.165) is 11.1 Å². The first-order chi connectivity index (χ1) is 10.0. The van der Waals surface area contributed by atoms with Crippen LogP contribution in [0.3, 0.4) is 0 Å². The third-order valence-corrected chi connectivity index (χ3v) is 3.14. The fourth-order valence-electron chi connectivity index (χ4n) is 1.94. The van der Waals surface area contributed by atoms with Gasteiger partial charge in [-0.1, -0.05) is 24.3 Å². The minimum atomic E-state index is -0.884. The Morgan fingerprint density at radius 1 is 1.29 bits per heavy atom. The lowest BCUT2D eigenvalue weighted by atomic mass is 10.0. The van der Waals surface area contributed by atoms with Gasteiger partial charge in [0.15, 0.2) is 0 Å². The molecule has 1 rings (SSSR count). The molecular weight excluding hydrogens is 272 g/mol. The van der Waals surface area contributed by atoms with Gasteiger partial charge in [0.2, 0.25) is 0 Å². The van der Waals surface area contributed by atoms with Crippen LogP contribution >= 0.6 is 0 Å². The van der Waals surface area contributed by atoms with Crippen LogP contribution in [0.1, 0.15) is 24.0 Å². The topological polar surface area (TPSA) is 98.7 Å². The van der Waals surface area contributed by atoms with Gasteiger partial charge >= 0.3 is 12.0 Å². The molecule has 0 spiro atoms. The number of benzene rings is 1. The number of hydrogen-bond donors (Lipinski definition) is 4. The number of carbonyl (C=O) groups is 2. The van der Waals surface area contributed by atoms with E-state index >= 15 is 0 Å². The van der Waals surface area contributed by atoms with Crippen molar-refractivity contribution in [1.82, 2.24) is 10.6 Å². The van der Waals surface area contributed by atoms with Crippen LogP contribution in [-0.4, -0.2) is 41.4 Å². The number of aliphatic hydroxyl groups is 1. The summed E-state index contributed by atoms with van der Waals surface area (Å²) in [4.78, 5) is 22.0. The monoisotopic (exact) mass is 294 g/mol. The highest BCUT2D eigenvalue weighted by atomic mass is 16.4. The van der Waals surface area contributed by atoms with Gasteiger partial charge in [-0.05, 0) is 30.9 Å². The molecule has 0 aromatic heterocycles. The lowest BCUT2D eigenvalue weighted by molar-refractivity contribution is -0.137. The lowest BCUT2D eigenvalue weighted by Gasteiger charge is -2.18. The quantitative estimate of drug-likeness (QED) is 0.539. The minimum Gasteiger partial charge on any atom is -0.481 e. The first kappa shape index (κ1) is 17.0. The van der Waals surface area contributed by atoms with Gasteiger partial charge in [0.1, 0.15) is 0 Å². The summed E-state index contributed by atoms with van der Waals surface area (Å²) in [6, 6.07) is 7.04. The Morgan fingerprint density at radius 2 is 2.00 bits per heavy atom. The molecule has 6 nitrogen and oxygen atoms in total. The van der Waals surface area contributed by atoms with Crippen molar-refractivity contribution in [3.63, 3.8) is 0 Å². The van der Waals surface area contributed by atoms with Crippen molar-refractivity contribution in [2.45, 2.75) is 32.2 Å². The SMILES string of the molecule is Cc1ccccc1CC(CO)NC(=O)NCCCC(=O)O. The van der Waals surface area contributed by atoms with E-state index in [1.54, 1.807) is 0 Å². The number of amides is 2. The molecule has 4 N–H and O–H groups in total. The van der Waals surface area contributed by atoms with Crippen molar-refractivity contribution in [3.05, 3.63) is 35.4 Å². The molecule has 0 aliphatic carbocycles. The standard InChI is InChI=1S/C15H22N2O4/c1-11-5-2-3-6-12(11)9-13(10-18)17-15(21)16-8-4-7-14(19)20/h2-3,5-6,13,18H,4,7-10H2,1H3,(H,19,20)(H2,16,17,21). The van der Waals surface area contributed by atoms with Gasteiger partial charge in [-0.2, -0.15) is 0 Å². The van der Waals surface area contributed by atoms with Gasteiger partial charge in [0, 0.05) is 13.0 Å². The molecule has 116 valence electrons. The van der Waals surface area contributed by atoms with E-state index in [4.69, 9.17) is 5.11 Å². The third-order valence-electron chi connectivity index (χ3n) is 3.14. The first-order valence-electron chi connectivity index (χ1n) is 6.94. The van der Waals surface area contributed by atoms with Crippen molar-refractivity contribution in [1.29, 1.82) is 0 Å². The summed E-state index contributed by atoms with van der Waals surface area (Å²) < 4.78 is 0. The molecule has 1 unspecified atom stereocenters. The molecule has 0 saturated heterocycles. The van der Waals surface area contributed by atoms with Crippen LogP contribution in [0.4, 0.5) is 4.79 Å². The molecule has 6 heteroatoms. The highest BCUT2D eigenvalue weighted by Gasteiger charge is 2.12. The molecule has 0 aliphatic rings. The van der Waals surface area contributed by atoms with Gasteiger partial charge in [0.05, 0.1) is 12.6 Å². The maximum atomic E-state index is 11.7. The highest BCUT2D eigenvalue weighted by Crippen LogP contribution is 2.09. The van der Waals surface area contributed by atoms with Crippen molar-refractivity contribution in [2.75, 3.05) is 13.2 Å². The Morgan fingerprint density at radius 3 is 2.62 bits per heavy atom. The average Bonchev–Trinajstić information content (AvgIpc) is 2.45. The Labute approximate surface area is 124 Å². The van der Waals surface area contributed by atoms with E-state index in [2.05, 4.69) is 10.6 Å². The Kier molecular flexibility index (Phi) is 7.25. The van der Waals surface area contributed by atoms with Crippen LogP contribution in [-0.2, 0) is 11.2 Å². The molecule has 1 aromatic rings. The number of nitrogens with one attached hydrogen (secondary N) is 2. The summed E-state index contributed by atoms with van der Waals surface area (Å²) >= 11 is 0. The summed E-state index contributed by atoms with van der Waals surface area (Å²) in [6.45, 7) is 2.12. The number of carboxylic acids is 1. The molecule has 0 saturated carbocycles. The molecule has 1 atom stereocenters. The molecule has 0 heterocycles. The second-order valence-electron chi connectivity index (χ2n) is 4.91. The van der Waals surface area contributed by atoms with E-state index in [0.29, 0.717) is 19.4 Å². The van der Waals surface area contributed by atoms with Gasteiger partial charge in [-0.25, -0.2) is 4.79 Å². The Hall–Kier alpha value is -2.08. The zero-order valence-electron chi connectivity index (χ0n) is 12.1. The van der Waals surface area contributed by atoms with E-state index in [1.807, 2.05) is 31.2 Å². The summed E-state index contributed by atoms with van der Waals surface area (Å²) in [5.41, 5.74) is 2.18. The van der Waals surface area contributed by atoms with Crippen LogP contribution in [0.2, 0.25) is 0 Å². The largest absolute Gasteiger partial charge is 0.481 e. The van der Waals surface area contributed by atoms with E-state index in [9.17, 15) is 14.7 Å². The fourth-order valence-corrected chi connectivity index (χ4v) is 1.94. The van der Waals surface area contributed by atoms with E-state index in [-0.39, 0.29) is 19.1 Å². The summed E-state index contributed by atoms with van der Waals surface area (Å²) in [5.74, 6) is -0.884. The maximum absolute atomic E-state index is 11.7. The molecule has 1 aromatic carbocycles. The van der Waals surface area contributed by atoms with E-state index in [1.165, 1.54) is 0 Å². The van der Waals surface area contributed by atoms with Gasteiger partial charge < -0.3 is 20.8 Å². The van der Waals surface area contributed by atoms with Crippen molar-refractivity contribution < 1.29 is 19.8 Å². The molecule has 0 fully saturated rings. The number of carboxylic acid groups (broad SMARTS) is 1. The maximum Gasteiger partial charge on any atom is 0.315 e. The smallest absolute Gasteiger partial charge is 0.315 e. The number of hydrogen-bond acceptors (Lipinski definition) is 3. The molecule has 2 amide bonds. The summed E-state index contributed by atoms with van der Waals surface area (Å²) in [5, 5.41) is 23.1. The van der Waals surface area contributed by atoms with Crippen molar-refractivity contribution in [2.24, 2.45) is 0 Å². The van der Waals surface area contributed by atoms with Gasteiger partial charge in [0.25, 0.3) is 0 Å². The summed E-state index contributed by atoms with van der Waals surface area (Å²) in [6.07, 6.45) is 0.947. The predicted octanol–water partition coefficient (Wildman–Crippen LogP) is 1.06. The molecule has 0 radical (unpaired) electrons. The van der Waals surface area contributed by atoms with Crippen LogP contribution in [0.5, 0.6) is 0 Å². The van der Waals surface area contributed by atoms with Crippen LogP contribution in [0.15, 0.2) is 24.3 Å². The van der Waals surface area contributed by atoms with Gasteiger partial charge in [-0.15, -0.1) is 0 Å². The normalized spacial score (nSPS) is 11.7. The summed E-state index contributed by atoms with van der Waals surface area (Å²) in [7, 11) is 0. The predicted molar refractivity (Wildman–Crippen MR) is 79.2 cm³/mol. The van der Waals surface area contributed by atoms with Crippen LogP contribution < -0.4 is 10.6 Å². The van der Waals surface area contributed by atoms with Crippen LogP contribution in [0.25, 0.3) is 0 Å². The third kappa shape index (κ3) is 6.76. The number of carbonyl (C=O) groups excluding carboxylic acids is 1. The first-order valence-corrected chi connectivity index (χ1v) is 6.94. The second kappa shape index (κ2) is 8.97. The molecule has 21 heavy (non-hydrogen) atoms. The minimum absolute atomic E-state index is 0.0208. The number of urea groups is 1. The number of aliphatic hydroxyl groups excluding tert-OH is 1. The van der Waals surface area contributed by atoms with Crippen LogP contribution in [0, 0.1) is 6.92 Å². The average molecular weight is 294 g/mol. The second-order valence-corrected chi connectivity index (χ2v) is 4.91. The number of rotatable bonds is 8. The molecule has 0 aliphatic heterocycles. The number of aryl methyl sites for hydroxylation is 1. The van der Waals surface area contributed by atoms with Crippen molar-refractivity contribution in [3.8, 4) is 0 Å². The number of aliphatic carboxylic acids is 1. The molecule has 0 bridgehead atoms. The zero-order valence-corrected chi connectivity index (χ0v) is 12.1. The van der Waals surface area contributed by atoms with Crippen molar-refractivity contribution >= 4 is 12.0 Å². The zero-order chi connectivity index (χ0) is 15.7. The van der Waals surface area contributed by atoms with Gasteiger partial charge in [-0.3, -0.25) is 4.79 Å².